The van der Waals surface area contributed by atoms with E-state index in [1.807, 2.05) is 91.3 Å². The third-order valence-corrected chi connectivity index (χ3v) is 10.5. The fraction of sp³-hybridized carbons (Fsp3) is 0. The van der Waals surface area contributed by atoms with Gasteiger partial charge in [-0.25, -0.2) is 19.9 Å². The van der Waals surface area contributed by atoms with E-state index in [-0.39, 0.29) is 0 Å². The molecule has 0 atom stereocenters. The Balaban J connectivity index is 1.06. The Morgan fingerprint density at radius 3 is 1.64 bits per heavy atom. The van der Waals surface area contributed by atoms with Gasteiger partial charge in [0.05, 0.1) is 11.4 Å². The van der Waals surface area contributed by atoms with Crippen molar-refractivity contribution in [3.8, 4) is 67.5 Å². The highest BCUT2D eigenvalue weighted by Crippen LogP contribution is 2.45. The lowest BCUT2D eigenvalue weighted by atomic mass is 9.93. The highest BCUT2D eigenvalue weighted by atomic mass is 16.3. The van der Waals surface area contributed by atoms with E-state index in [1.54, 1.807) is 0 Å². The number of nitrogens with zero attached hydrogens (tertiary/aromatic N) is 4. The third-order valence-electron chi connectivity index (χ3n) is 10.5. The van der Waals surface area contributed by atoms with E-state index in [0.717, 1.165) is 99.8 Å². The highest BCUT2D eigenvalue weighted by molar-refractivity contribution is 6.21. The van der Waals surface area contributed by atoms with Gasteiger partial charge in [-0.1, -0.05) is 140 Å². The molecular weight excluding hydrogens is 689 g/mol. The molecule has 0 radical (unpaired) electrons. The highest BCUT2D eigenvalue weighted by Gasteiger charge is 2.22. The van der Waals surface area contributed by atoms with Gasteiger partial charge >= 0.3 is 0 Å². The number of aromatic nitrogens is 4. The molecule has 0 spiro atoms. The van der Waals surface area contributed by atoms with Gasteiger partial charge in [0.2, 0.25) is 0 Å². The first-order chi connectivity index (χ1) is 27.7. The first-order valence-corrected chi connectivity index (χ1v) is 18.5. The Morgan fingerprint density at radius 1 is 0.339 bits per heavy atom. The minimum Gasteiger partial charge on any atom is -0.456 e. The average molecular weight is 719 g/mol. The molecule has 0 aliphatic carbocycles. The summed E-state index contributed by atoms with van der Waals surface area (Å²) in [7, 11) is 0. The summed E-state index contributed by atoms with van der Waals surface area (Å²) in [5, 5.41) is 4.24. The van der Waals surface area contributed by atoms with Crippen LogP contribution in [0.4, 0.5) is 0 Å². The summed E-state index contributed by atoms with van der Waals surface area (Å²) < 4.78 is 13.1. The summed E-state index contributed by atoms with van der Waals surface area (Å²) in [4.78, 5) is 19.6. The van der Waals surface area contributed by atoms with Gasteiger partial charge < -0.3 is 8.83 Å². The van der Waals surface area contributed by atoms with Crippen LogP contribution in [0.15, 0.2) is 191 Å². The van der Waals surface area contributed by atoms with Crippen LogP contribution >= 0.6 is 0 Å². The molecule has 11 aromatic rings. The van der Waals surface area contributed by atoms with Crippen molar-refractivity contribution in [2.24, 2.45) is 0 Å². The minimum atomic E-state index is 0.617. The maximum Gasteiger partial charge on any atom is 0.160 e. The van der Waals surface area contributed by atoms with Crippen molar-refractivity contribution in [2.75, 3.05) is 0 Å². The van der Waals surface area contributed by atoms with Crippen molar-refractivity contribution in [3.05, 3.63) is 182 Å². The van der Waals surface area contributed by atoms with Crippen molar-refractivity contribution in [2.45, 2.75) is 0 Å². The zero-order chi connectivity index (χ0) is 37.0. The maximum atomic E-state index is 6.78. The van der Waals surface area contributed by atoms with Crippen molar-refractivity contribution >= 4 is 43.9 Å². The number of rotatable bonds is 6. The molecular formula is C50H30N4O2. The summed E-state index contributed by atoms with van der Waals surface area (Å²) in [6, 6.07) is 57.6. The van der Waals surface area contributed by atoms with E-state index >= 15 is 0 Å². The number of benzene rings is 7. The standard InChI is InChI=1S/C50H30N4O2/c1-3-12-32(13-4-1)41-28-42(54-50(53-41)34-24-22-31(23-25-34)35-29-51-49(52-30-35)33-14-5-2-6-15-33)38-27-26-37(47-40-17-8-10-20-44(40)56-48(38)47)36-18-11-21-45-46(36)39-16-7-9-19-43(39)55-45/h1-30H. The fourth-order valence-electron chi connectivity index (χ4n) is 7.75. The van der Waals surface area contributed by atoms with Crippen LogP contribution in [0.2, 0.25) is 0 Å². The maximum absolute atomic E-state index is 6.78. The lowest BCUT2D eigenvalue weighted by Crippen LogP contribution is -1.96. The largest absolute Gasteiger partial charge is 0.456 e. The Hall–Kier alpha value is -7.70. The Bertz CT molecular complexity index is 3220. The van der Waals surface area contributed by atoms with Crippen LogP contribution < -0.4 is 0 Å². The molecule has 56 heavy (non-hydrogen) atoms. The lowest BCUT2D eigenvalue weighted by molar-refractivity contribution is 0.668. The number of para-hydroxylation sites is 2. The molecule has 262 valence electrons. The lowest BCUT2D eigenvalue weighted by Gasteiger charge is -2.12. The van der Waals surface area contributed by atoms with Gasteiger partial charge in [0.25, 0.3) is 0 Å². The first-order valence-electron chi connectivity index (χ1n) is 18.5. The van der Waals surface area contributed by atoms with Gasteiger partial charge in [-0.3, -0.25) is 0 Å². The summed E-state index contributed by atoms with van der Waals surface area (Å²) in [5.74, 6) is 1.31. The van der Waals surface area contributed by atoms with E-state index in [4.69, 9.17) is 18.8 Å². The van der Waals surface area contributed by atoms with Crippen LogP contribution in [0.5, 0.6) is 0 Å². The van der Waals surface area contributed by atoms with Gasteiger partial charge in [-0.05, 0) is 47.0 Å². The summed E-state index contributed by atoms with van der Waals surface area (Å²) in [6.45, 7) is 0. The van der Waals surface area contributed by atoms with Crippen LogP contribution in [0, 0.1) is 0 Å². The minimum absolute atomic E-state index is 0.617. The number of hydrogen-bond acceptors (Lipinski definition) is 6. The zero-order valence-electron chi connectivity index (χ0n) is 29.9. The molecule has 0 aliphatic rings. The summed E-state index contributed by atoms with van der Waals surface area (Å²) in [5.41, 5.74) is 12.8. The number of fused-ring (bicyclic) bond motifs is 6. The molecule has 0 aliphatic heterocycles. The van der Waals surface area contributed by atoms with E-state index in [1.165, 1.54) is 0 Å². The monoisotopic (exact) mass is 718 g/mol. The molecule has 6 nitrogen and oxygen atoms in total. The Labute approximate surface area is 321 Å². The molecule has 0 unspecified atom stereocenters. The van der Waals surface area contributed by atoms with Crippen molar-refractivity contribution in [1.82, 2.24) is 19.9 Å². The number of hydrogen-bond donors (Lipinski definition) is 0. The fourth-order valence-corrected chi connectivity index (χ4v) is 7.75. The summed E-state index contributed by atoms with van der Waals surface area (Å²) >= 11 is 0. The smallest absolute Gasteiger partial charge is 0.160 e. The van der Waals surface area contributed by atoms with Crippen molar-refractivity contribution < 1.29 is 8.83 Å². The topological polar surface area (TPSA) is 77.8 Å². The van der Waals surface area contributed by atoms with Gasteiger partial charge in [0, 0.05) is 61.8 Å². The average Bonchev–Trinajstić information content (AvgIpc) is 3.86. The van der Waals surface area contributed by atoms with Gasteiger partial charge in [0.1, 0.15) is 22.3 Å². The zero-order valence-corrected chi connectivity index (χ0v) is 29.9. The van der Waals surface area contributed by atoms with Crippen molar-refractivity contribution in [1.29, 1.82) is 0 Å². The van der Waals surface area contributed by atoms with E-state index < -0.39 is 0 Å². The second-order valence-corrected chi connectivity index (χ2v) is 13.8. The van der Waals surface area contributed by atoms with Gasteiger partial charge in [0.15, 0.2) is 11.6 Å². The normalized spacial score (nSPS) is 11.6. The van der Waals surface area contributed by atoms with Gasteiger partial charge in [-0.2, -0.15) is 0 Å². The van der Waals surface area contributed by atoms with Crippen LogP contribution in [-0.4, -0.2) is 19.9 Å². The molecule has 6 heteroatoms. The molecule has 0 bridgehead atoms. The molecule has 7 aromatic carbocycles. The first kappa shape index (κ1) is 31.8. The Morgan fingerprint density at radius 2 is 0.893 bits per heavy atom. The predicted octanol–water partition coefficient (Wildman–Crippen LogP) is 13.1. The van der Waals surface area contributed by atoms with Crippen LogP contribution in [0.3, 0.4) is 0 Å². The predicted molar refractivity (Wildman–Crippen MR) is 225 cm³/mol. The quantitative estimate of drug-likeness (QED) is 0.170. The van der Waals surface area contributed by atoms with Crippen molar-refractivity contribution in [3.63, 3.8) is 0 Å². The van der Waals surface area contributed by atoms with E-state index in [2.05, 4.69) is 101 Å². The van der Waals surface area contributed by atoms with Gasteiger partial charge in [-0.15, -0.1) is 0 Å². The third kappa shape index (κ3) is 5.35. The molecule has 0 N–H and O–H groups in total. The Kier molecular flexibility index (Phi) is 7.38. The SMILES string of the molecule is c1ccc(-c2cc(-c3ccc(-c4cccc5oc6ccccc6c45)c4c3oc3ccccc34)nc(-c3ccc(-c4cnc(-c5ccccc5)nc4)cc3)n2)cc1. The van der Waals surface area contributed by atoms with Crippen LogP contribution in [0.1, 0.15) is 0 Å². The molecule has 0 saturated heterocycles. The van der Waals surface area contributed by atoms with E-state index in [9.17, 15) is 0 Å². The molecule has 4 aromatic heterocycles. The number of furan rings is 2. The second-order valence-electron chi connectivity index (χ2n) is 13.8. The second kappa shape index (κ2) is 13.0. The molecule has 0 fully saturated rings. The molecule has 0 amide bonds. The van der Waals surface area contributed by atoms with E-state index in [0.29, 0.717) is 11.6 Å². The van der Waals surface area contributed by atoms with Crippen LogP contribution in [0.25, 0.3) is 111 Å². The van der Waals surface area contributed by atoms with Crippen LogP contribution in [-0.2, 0) is 0 Å². The summed E-state index contributed by atoms with van der Waals surface area (Å²) in [6.07, 6.45) is 3.74. The molecule has 4 heterocycles. The molecule has 11 rings (SSSR count). The molecule has 0 saturated carbocycles.